The van der Waals surface area contributed by atoms with Gasteiger partial charge in [-0.3, -0.25) is 4.79 Å². The van der Waals surface area contributed by atoms with Crippen LogP contribution in [0, 0.1) is 0 Å². The van der Waals surface area contributed by atoms with Gasteiger partial charge < -0.3 is 9.32 Å². The first-order valence-corrected chi connectivity index (χ1v) is 9.74. The molecule has 0 N–H and O–H groups in total. The molecule has 1 heterocycles. The van der Waals surface area contributed by atoms with Gasteiger partial charge >= 0.3 is 0 Å². The summed E-state index contributed by atoms with van der Waals surface area (Å²) in [7, 11) is -3.71. The highest BCUT2D eigenvalue weighted by molar-refractivity contribution is 7.92. The van der Waals surface area contributed by atoms with Crippen molar-refractivity contribution >= 4 is 27.3 Å². The number of hydrogen-bond donors (Lipinski definition) is 0. The van der Waals surface area contributed by atoms with Gasteiger partial charge in [-0.25, -0.2) is 8.42 Å². The molecule has 0 aliphatic heterocycles. The fourth-order valence-corrected chi connectivity index (χ4v) is 4.03. The van der Waals surface area contributed by atoms with Crippen molar-refractivity contribution in [1.29, 1.82) is 0 Å². The Bertz CT molecular complexity index is 811. The maximum absolute atomic E-state index is 12.7. The van der Waals surface area contributed by atoms with E-state index < -0.39 is 21.5 Å². The molecule has 0 bridgehead atoms. The SMILES string of the molecule is CC(c1ccco1)N(C(=O)CS(=O)(=O)c1ccc(Cl)cc1)C1CC1. The summed E-state index contributed by atoms with van der Waals surface area (Å²) in [6.07, 6.45) is 3.32. The predicted octanol–water partition coefficient (Wildman–Crippen LogP) is 3.46. The Kier molecular flexibility index (Phi) is 4.69. The van der Waals surface area contributed by atoms with Crippen LogP contribution >= 0.6 is 11.6 Å². The Morgan fingerprint density at radius 1 is 1.29 bits per heavy atom. The quantitative estimate of drug-likeness (QED) is 0.784. The first kappa shape index (κ1) is 17.0. The predicted molar refractivity (Wildman–Crippen MR) is 90.5 cm³/mol. The Hall–Kier alpha value is -1.79. The normalized spacial score (nSPS) is 15.9. The van der Waals surface area contributed by atoms with Gasteiger partial charge in [0, 0.05) is 11.1 Å². The lowest BCUT2D eigenvalue weighted by molar-refractivity contribution is -0.131. The number of furan rings is 1. The minimum absolute atomic E-state index is 0.0815. The fourth-order valence-electron chi connectivity index (χ4n) is 2.72. The van der Waals surface area contributed by atoms with Crippen LogP contribution in [-0.4, -0.2) is 31.0 Å². The van der Waals surface area contributed by atoms with Crippen LogP contribution in [0.1, 0.15) is 31.6 Å². The topological polar surface area (TPSA) is 67.6 Å². The Balaban J connectivity index is 1.80. The Labute approximate surface area is 146 Å². The largest absolute Gasteiger partial charge is 0.467 e. The van der Waals surface area contributed by atoms with E-state index in [2.05, 4.69) is 0 Å². The molecule has 1 aliphatic rings. The van der Waals surface area contributed by atoms with E-state index in [4.69, 9.17) is 16.0 Å². The fraction of sp³-hybridized carbons (Fsp3) is 0.353. The number of amides is 1. The molecule has 24 heavy (non-hydrogen) atoms. The van der Waals surface area contributed by atoms with Crippen LogP contribution in [0.15, 0.2) is 52.0 Å². The van der Waals surface area contributed by atoms with Crippen LogP contribution in [0.2, 0.25) is 5.02 Å². The van der Waals surface area contributed by atoms with E-state index in [0.717, 1.165) is 12.8 Å². The van der Waals surface area contributed by atoms with Gasteiger partial charge in [-0.15, -0.1) is 0 Å². The Morgan fingerprint density at radius 2 is 1.96 bits per heavy atom. The second-order valence-electron chi connectivity index (χ2n) is 5.94. The third-order valence-electron chi connectivity index (χ3n) is 4.09. The molecule has 1 unspecified atom stereocenters. The number of carbonyl (C=O) groups excluding carboxylic acids is 1. The number of halogens is 1. The summed E-state index contributed by atoms with van der Waals surface area (Å²) >= 11 is 5.79. The summed E-state index contributed by atoms with van der Waals surface area (Å²) in [5.41, 5.74) is 0. The summed E-state index contributed by atoms with van der Waals surface area (Å²) < 4.78 is 30.4. The first-order valence-electron chi connectivity index (χ1n) is 7.71. The molecule has 1 amide bonds. The first-order chi connectivity index (χ1) is 11.4. The zero-order chi connectivity index (χ0) is 17.3. The molecular weight excluding hydrogens is 350 g/mol. The number of hydrogen-bond acceptors (Lipinski definition) is 4. The van der Waals surface area contributed by atoms with Crippen molar-refractivity contribution in [3.63, 3.8) is 0 Å². The molecule has 128 valence electrons. The second kappa shape index (κ2) is 6.61. The van der Waals surface area contributed by atoms with Crippen LogP contribution < -0.4 is 0 Å². The highest BCUT2D eigenvalue weighted by Gasteiger charge is 2.38. The van der Waals surface area contributed by atoms with E-state index in [9.17, 15) is 13.2 Å². The molecular formula is C17H18ClNO4S. The average Bonchev–Trinajstić information content (AvgIpc) is 3.19. The molecule has 1 saturated carbocycles. The maximum Gasteiger partial charge on any atom is 0.239 e. The third-order valence-corrected chi connectivity index (χ3v) is 5.96. The van der Waals surface area contributed by atoms with E-state index in [0.29, 0.717) is 10.8 Å². The zero-order valence-corrected chi connectivity index (χ0v) is 14.8. The molecule has 1 atom stereocenters. The number of rotatable bonds is 6. The summed E-state index contributed by atoms with van der Waals surface area (Å²) in [5, 5.41) is 0.450. The number of nitrogens with zero attached hydrogens (tertiary/aromatic N) is 1. The van der Waals surface area contributed by atoms with Gasteiger partial charge in [-0.05, 0) is 56.2 Å². The van der Waals surface area contributed by atoms with Crippen LogP contribution in [0.25, 0.3) is 0 Å². The van der Waals surface area contributed by atoms with Crippen LogP contribution in [0.3, 0.4) is 0 Å². The van der Waals surface area contributed by atoms with Crippen molar-refractivity contribution in [1.82, 2.24) is 4.90 Å². The van der Waals surface area contributed by atoms with Gasteiger partial charge in [0.15, 0.2) is 9.84 Å². The highest BCUT2D eigenvalue weighted by Crippen LogP contribution is 2.35. The van der Waals surface area contributed by atoms with Crippen LogP contribution in [-0.2, 0) is 14.6 Å². The standard InChI is InChI=1S/C17H18ClNO4S/c1-12(16-3-2-10-23-16)19(14-6-7-14)17(20)11-24(21,22)15-8-4-13(18)5-9-15/h2-5,8-10,12,14H,6-7,11H2,1H3. The molecule has 0 saturated heterocycles. The van der Waals surface area contributed by atoms with Crippen molar-refractivity contribution < 1.29 is 17.6 Å². The van der Waals surface area contributed by atoms with Crippen molar-refractivity contribution in [2.45, 2.75) is 36.7 Å². The smallest absolute Gasteiger partial charge is 0.239 e. The number of carbonyl (C=O) groups is 1. The van der Waals surface area contributed by atoms with Crippen molar-refractivity contribution in [2.24, 2.45) is 0 Å². The van der Waals surface area contributed by atoms with E-state index in [1.165, 1.54) is 24.3 Å². The van der Waals surface area contributed by atoms with Gasteiger partial charge in [-0.1, -0.05) is 11.6 Å². The lowest BCUT2D eigenvalue weighted by Crippen LogP contribution is -2.39. The minimum Gasteiger partial charge on any atom is -0.467 e. The van der Waals surface area contributed by atoms with Crippen molar-refractivity contribution in [3.05, 3.63) is 53.4 Å². The molecule has 3 rings (SSSR count). The molecule has 1 aromatic heterocycles. The van der Waals surface area contributed by atoms with E-state index in [-0.39, 0.29) is 17.0 Å². The van der Waals surface area contributed by atoms with E-state index in [1.807, 2.05) is 6.92 Å². The average molecular weight is 368 g/mol. The second-order valence-corrected chi connectivity index (χ2v) is 8.36. The minimum atomic E-state index is -3.71. The van der Waals surface area contributed by atoms with Crippen LogP contribution in [0.5, 0.6) is 0 Å². The van der Waals surface area contributed by atoms with Gasteiger partial charge in [0.05, 0.1) is 17.2 Å². The lowest BCUT2D eigenvalue weighted by Gasteiger charge is -2.28. The monoisotopic (exact) mass is 367 g/mol. The molecule has 7 heteroatoms. The van der Waals surface area contributed by atoms with Gasteiger partial charge in [0.1, 0.15) is 11.5 Å². The third kappa shape index (κ3) is 3.65. The van der Waals surface area contributed by atoms with Crippen molar-refractivity contribution in [3.8, 4) is 0 Å². The lowest BCUT2D eigenvalue weighted by atomic mass is 10.2. The van der Waals surface area contributed by atoms with Crippen LogP contribution in [0.4, 0.5) is 0 Å². The maximum atomic E-state index is 12.7. The molecule has 5 nitrogen and oxygen atoms in total. The number of benzene rings is 1. The van der Waals surface area contributed by atoms with Crippen molar-refractivity contribution in [2.75, 3.05) is 5.75 Å². The van der Waals surface area contributed by atoms with Gasteiger partial charge in [-0.2, -0.15) is 0 Å². The summed E-state index contributed by atoms with van der Waals surface area (Å²) in [4.78, 5) is 14.4. The van der Waals surface area contributed by atoms with E-state index >= 15 is 0 Å². The summed E-state index contributed by atoms with van der Waals surface area (Å²) in [5.74, 6) is -0.314. The molecule has 1 fully saturated rings. The summed E-state index contributed by atoms with van der Waals surface area (Å²) in [6, 6.07) is 9.18. The molecule has 1 aliphatic carbocycles. The molecule has 0 radical (unpaired) electrons. The van der Waals surface area contributed by atoms with Gasteiger partial charge in [0.25, 0.3) is 0 Å². The van der Waals surface area contributed by atoms with E-state index in [1.54, 1.807) is 23.3 Å². The molecule has 0 spiro atoms. The molecule has 2 aromatic rings. The number of sulfone groups is 1. The van der Waals surface area contributed by atoms with Gasteiger partial charge in [0.2, 0.25) is 5.91 Å². The highest BCUT2D eigenvalue weighted by atomic mass is 35.5. The zero-order valence-electron chi connectivity index (χ0n) is 13.2. The Morgan fingerprint density at radius 3 is 2.50 bits per heavy atom. The summed E-state index contributed by atoms with van der Waals surface area (Å²) in [6.45, 7) is 1.85. The molecule has 1 aromatic carbocycles.